The molecule has 4 heteroatoms. The third kappa shape index (κ3) is 4.42. The fourth-order valence-corrected chi connectivity index (χ4v) is 2.00. The Morgan fingerprint density at radius 2 is 2.00 bits per heavy atom. The van der Waals surface area contributed by atoms with Crippen LogP contribution < -0.4 is 5.73 Å². The monoisotopic (exact) mass is 253 g/mol. The van der Waals surface area contributed by atoms with E-state index in [2.05, 4.69) is 30.7 Å². The summed E-state index contributed by atoms with van der Waals surface area (Å²) in [6.07, 6.45) is 1.12. The van der Waals surface area contributed by atoms with Crippen LogP contribution in [0.25, 0.3) is 0 Å². The van der Waals surface area contributed by atoms with Crippen LogP contribution in [0.15, 0.2) is 4.42 Å². The molecule has 1 aromatic rings. The zero-order valence-corrected chi connectivity index (χ0v) is 12.4. The molecular weight excluding hydrogens is 226 g/mol. The predicted octanol–water partition coefficient (Wildman–Crippen LogP) is 2.49. The SMILES string of the molecule is CCCN(Cc1nc(C)c(C)o1)CC(C)(C)CN. The van der Waals surface area contributed by atoms with Crippen LogP contribution in [-0.2, 0) is 6.54 Å². The van der Waals surface area contributed by atoms with Gasteiger partial charge in [-0.3, -0.25) is 4.90 Å². The summed E-state index contributed by atoms with van der Waals surface area (Å²) >= 11 is 0. The van der Waals surface area contributed by atoms with E-state index in [1.165, 1.54) is 0 Å². The molecule has 0 unspecified atom stereocenters. The Balaban J connectivity index is 2.68. The molecule has 0 aliphatic carbocycles. The third-order valence-electron chi connectivity index (χ3n) is 3.18. The maximum atomic E-state index is 5.81. The Labute approximate surface area is 111 Å². The van der Waals surface area contributed by atoms with Crippen LogP contribution in [0.5, 0.6) is 0 Å². The molecule has 0 aromatic carbocycles. The van der Waals surface area contributed by atoms with Crippen molar-refractivity contribution >= 4 is 0 Å². The van der Waals surface area contributed by atoms with E-state index in [-0.39, 0.29) is 5.41 Å². The smallest absolute Gasteiger partial charge is 0.208 e. The summed E-state index contributed by atoms with van der Waals surface area (Å²) < 4.78 is 5.66. The van der Waals surface area contributed by atoms with Crippen LogP contribution in [-0.4, -0.2) is 29.5 Å². The molecule has 1 rings (SSSR count). The molecule has 0 spiro atoms. The molecule has 1 aromatic heterocycles. The van der Waals surface area contributed by atoms with E-state index in [1.807, 2.05) is 13.8 Å². The lowest BCUT2D eigenvalue weighted by molar-refractivity contribution is 0.162. The van der Waals surface area contributed by atoms with Gasteiger partial charge >= 0.3 is 0 Å². The van der Waals surface area contributed by atoms with Crippen molar-refractivity contribution in [2.75, 3.05) is 19.6 Å². The van der Waals surface area contributed by atoms with Crippen LogP contribution in [0.3, 0.4) is 0 Å². The van der Waals surface area contributed by atoms with Gasteiger partial charge in [0, 0.05) is 6.54 Å². The lowest BCUT2D eigenvalue weighted by Gasteiger charge is -2.30. The first-order chi connectivity index (χ1) is 8.38. The van der Waals surface area contributed by atoms with Crippen molar-refractivity contribution in [3.8, 4) is 0 Å². The fraction of sp³-hybridized carbons (Fsp3) is 0.786. The van der Waals surface area contributed by atoms with Crippen LogP contribution in [0.2, 0.25) is 0 Å². The van der Waals surface area contributed by atoms with Gasteiger partial charge in [-0.25, -0.2) is 4.98 Å². The molecule has 0 radical (unpaired) electrons. The number of nitrogens with two attached hydrogens (primary N) is 1. The molecule has 18 heavy (non-hydrogen) atoms. The molecule has 0 saturated heterocycles. The van der Waals surface area contributed by atoms with Crippen molar-refractivity contribution in [1.29, 1.82) is 0 Å². The van der Waals surface area contributed by atoms with Crippen molar-refractivity contribution in [2.24, 2.45) is 11.1 Å². The van der Waals surface area contributed by atoms with E-state index in [9.17, 15) is 0 Å². The number of hydrogen-bond acceptors (Lipinski definition) is 4. The van der Waals surface area contributed by atoms with Gasteiger partial charge in [0.2, 0.25) is 5.89 Å². The van der Waals surface area contributed by atoms with Crippen molar-refractivity contribution in [1.82, 2.24) is 9.88 Å². The molecule has 4 nitrogen and oxygen atoms in total. The van der Waals surface area contributed by atoms with E-state index in [0.717, 1.165) is 43.4 Å². The fourth-order valence-electron chi connectivity index (χ4n) is 2.00. The largest absolute Gasteiger partial charge is 0.444 e. The first-order valence-corrected chi connectivity index (χ1v) is 6.73. The molecule has 0 aliphatic rings. The summed E-state index contributed by atoms with van der Waals surface area (Å²) in [5.74, 6) is 1.73. The van der Waals surface area contributed by atoms with Gasteiger partial charge in [-0.05, 0) is 38.8 Å². The van der Waals surface area contributed by atoms with E-state index >= 15 is 0 Å². The summed E-state index contributed by atoms with van der Waals surface area (Å²) in [7, 11) is 0. The van der Waals surface area contributed by atoms with Gasteiger partial charge in [0.25, 0.3) is 0 Å². The first-order valence-electron chi connectivity index (χ1n) is 6.73. The minimum Gasteiger partial charge on any atom is -0.444 e. The lowest BCUT2D eigenvalue weighted by atomic mass is 9.93. The standard InChI is InChI=1S/C14H27N3O/c1-6-7-17(10-14(4,5)9-15)8-13-16-11(2)12(3)18-13/h6-10,15H2,1-5H3. The van der Waals surface area contributed by atoms with Crippen LogP contribution in [0.4, 0.5) is 0 Å². The van der Waals surface area contributed by atoms with E-state index in [1.54, 1.807) is 0 Å². The molecule has 0 atom stereocenters. The molecule has 104 valence electrons. The van der Waals surface area contributed by atoms with Crippen LogP contribution in [0.1, 0.15) is 44.5 Å². The Bertz CT molecular complexity index is 352. The molecule has 1 heterocycles. The normalized spacial score (nSPS) is 12.4. The van der Waals surface area contributed by atoms with E-state index in [4.69, 9.17) is 10.2 Å². The zero-order chi connectivity index (χ0) is 13.8. The number of aromatic nitrogens is 1. The average Bonchev–Trinajstić information content (AvgIpc) is 2.58. The predicted molar refractivity (Wildman–Crippen MR) is 74.4 cm³/mol. The summed E-state index contributed by atoms with van der Waals surface area (Å²) in [6.45, 7) is 14.0. The summed E-state index contributed by atoms with van der Waals surface area (Å²) in [5.41, 5.74) is 6.92. The quantitative estimate of drug-likeness (QED) is 0.811. The van der Waals surface area contributed by atoms with Crippen molar-refractivity contribution < 1.29 is 4.42 Å². The molecule has 2 N–H and O–H groups in total. The van der Waals surface area contributed by atoms with Gasteiger partial charge in [-0.15, -0.1) is 0 Å². The molecule has 0 bridgehead atoms. The number of nitrogens with zero attached hydrogens (tertiary/aromatic N) is 2. The maximum Gasteiger partial charge on any atom is 0.208 e. The zero-order valence-electron chi connectivity index (χ0n) is 12.4. The topological polar surface area (TPSA) is 55.3 Å². The van der Waals surface area contributed by atoms with Gasteiger partial charge in [0.05, 0.1) is 12.2 Å². The van der Waals surface area contributed by atoms with E-state index < -0.39 is 0 Å². The lowest BCUT2D eigenvalue weighted by Crippen LogP contribution is -2.38. The second-order valence-electron chi connectivity index (χ2n) is 5.83. The molecular formula is C14H27N3O. The summed E-state index contributed by atoms with van der Waals surface area (Å²) in [5, 5.41) is 0. The van der Waals surface area contributed by atoms with Crippen molar-refractivity contribution in [3.63, 3.8) is 0 Å². The second-order valence-corrected chi connectivity index (χ2v) is 5.83. The minimum atomic E-state index is 0.131. The molecule has 0 saturated carbocycles. The Hall–Kier alpha value is -0.870. The third-order valence-corrected chi connectivity index (χ3v) is 3.18. The van der Waals surface area contributed by atoms with Crippen LogP contribution in [0, 0.1) is 19.3 Å². The Morgan fingerprint density at radius 1 is 1.33 bits per heavy atom. The van der Waals surface area contributed by atoms with Gasteiger partial charge in [0.1, 0.15) is 5.76 Å². The van der Waals surface area contributed by atoms with Gasteiger partial charge in [-0.2, -0.15) is 0 Å². The number of aryl methyl sites for hydroxylation is 2. The molecule has 0 fully saturated rings. The molecule has 0 amide bonds. The highest BCUT2D eigenvalue weighted by molar-refractivity contribution is 5.05. The van der Waals surface area contributed by atoms with E-state index in [0.29, 0.717) is 6.54 Å². The van der Waals surface area contributed by atoms with Crippen molar-refractivity contribution in [2.45, 2.75) is 47.6 Å². The highest BCUT2D eigenvalue weighted by Gasteiger charge is 2.21. The highest BCUT2D eigenvalue weighted by atomic mass is 16.4. The average molecular weight is 253 g/mol. The first kappa shape index (κ1) is 15.2. The maximum absolute atomic E-state index is 5.81. The number of hydrogen-bond donors (Lipinski definition) is 1. The highest BCUT2D eigenvalue weighted by Crippen LogP contribution is 2.18. The minimum absolute atomic E-state index is 0.131. The molecule has 0 aliphatic heterocycles. The van der Waals surface area contributed by atoms with Crippen molar-refractivity contribution in [3.05, 3.63) is 17.3 Å². The van der Waals surface area contributed by atoms with Gasteiger partial charge < -0.3 is 10.2 Å². The number of oxazole rings is 1. The van der Waals surface area contributed by atoms with Gasteiger partial charge in [-0.1, -0.05) is 20.8 Å². The number of rotatable bonds is 7. The Kier molecular flexibility index (Phi) is 5.35. The van der Waals surface area contributed by atoms with Gasteiger partial charge in [0.15, 0.2) is 0 Å². The van der Waals surface area contributed by atoms with Crippen LogP contribution >= 0.6 is 0 Å². The second kappa shape index (κ2) is 6.34. The Morgan fingerprint density at radius 3 is 2.44 bits per heavy atom. The summed E-state index contributed by atoms with van der Waals surface area (Å²) in [6, 6.07) is 0. The summed E-state index contributed by atoms with van der Waals surface area (Å²) in [4.78, 5) is 6.82.